The Morgan fingerprint density at radius 1 is 1.40 bits per heavy atom. The molecule has 0 bridgehead atoms. The summed E-state index contributed by atoms with van der Waals surface area (Å²) in [6.07, 6.45) is 1.83. The second kappa shape index (κ2) is 2.70. The Morgan fingerprint density at radius 3 is 2.60 bits per heavy atom. The molecule has 0 aromatic heterocycles. The van der Waals surface area contributed by atoms with Crippen LogP contribution in [0.15, 0.2) is 24.8 Å². The van der Waals surface area contributed by atoms with E-state index in [0.717, 1.165) is 11.1 Å². The van der Waals surface area contributed by atoms with Crippen LogP contribution in [0, 0.1) is 13.8 Å². The zero-order chi connectivity index (χ0) is 7.56. The summed E-state index contributed by atoms with van der Waals surface area (Å²) in [5.74, 6) is 0. The normalized spacial score (nSPS) is 9.40. The van der Waals surface area contributed by atoms with Gasteiger partial charge in [-0.25, -0.2) is 0 Å². The van der Waals surface area contributed by atoms with Crippen LogP contribution in [0.5, 0.6) is 0 Å². The minimum Gasteiger partial charge on any atom is -0.0985 e. The van der Waals surface area contributed by atoms with Crippen molar-refractivity contribution in [2.75, 3.05) is 0 Å². The summed E-state index contributed by atoms with van der Waals surface area (Å²) < 4.78 is 0. The predicted molar refractivity (Wildman–Crippen MR) is 45.7 cm³/mol. The maximum Gasteiger partial charge on any atom is -0.0235 e. The van der Waals surface area contributed by atoms with Gasteiger partial charge in [0.05, 0.1) is 0 Å². The molecular formula is C10H11. The minimum atomic E-state index is 1.08. The van der Waals surface area contributed by atoms with E-state index in [0.29, 0.717) is 0 Å². The van der Waals surface area contributed by atoms with Gasteiger partial charge in [-0.05, 0) is 30.5 Å². The maximum atomic E-state index is 3.88. The van der Waals surface area contributed by atoms with E-state index in [2.05, 4.69) is 26.5 Å². The molecule has 0 aliphatic heterocycles. The molecule has 0 N–H and O–H groups in total. The highest BCUT2D eigenvalue weighted by Crippen LogP contribution is 2.09. The lowest BCUT2D eigenvalue weighted by Crippen LogP contribution is -1.80. The zero-order valence-corrected chi connectivity index (χ0v) is 6.22. The van der Waals surface area contributed by atoms with Crippen molar-refractivity contribution < 1.29 is 0 Å². The Morgan fingerprint density at radius 2 is 2.10 bits per heavy atom. The highest BCUT2D eigenvalue weighted by molar-refractivity contribution is 5.50. The monoisotopic (exact) mass is 131 g/mol. The fraction of sp³-hybridized carbons (Fsp3) is 0.100. The molecule has 0 aliphatic rings. The molecule has 0 heterocycles. The van der Waals surface area contributed by atoms with Crippen LogP contribution in [-0.4, -0.2) is 0 Å². The first-order valence-electron chi connectivity index (χ1n) is 3.29. The third-order valence-corrected chi connectivity index (χ3v) is 1.61. The largest absolute Gasteiger partial charge is 0.0985 e. The summed E-state index contributed by atoms with van der Waals surface area (Å²) in [7, 11) is 0. The van der Waals surface area contributed by atoms with Crippen molar-refractivity contribution in [3.8, 4) is 0 Å². The summed E-state index contributed by atoms with van der Waals surface area (Å²) in [6.45, 7) is 9.61. The van der Waals surface area contributed by atoms with Crippen LogP contribution in [0.4, 0.5) is 0 Å². The van der Waals surface area contributed by atoms with E-state index in [-0.39, 0.29) is 0 Å². The first-order valence-corrected chi connectivity index (χ1v) is 3.29. The molecule has 0 amide bonds. The van der Waals surface area contributed by atoms with Gasteiger partial charge in [0.2, 0.25) is 0 Å². The molecule has 0 saturated carbocycles. The molecule has 0 unspecified atom stereocenters. The van der Waals surface area contributed by atoms with Crippen molar-refractivity contribution in [3.05, 3.63) is 48.4 Å². The van der Waals surface area contributed by atoms with Gasteiger partial charge in [-0.2, -0.15) is 0 Å². The lowest BCUT2D eigenvalue weighted by Gasteiger charge is -1.99. The average Bonchev–Trinajstić information content (AvgIpc) is 1.95. The highest BCUT2D eigenvalue weighted by atomic mass is 14.0. The van der Waals surface area contributed by atoms with Gasteiger partial charge in [-0.1, -0.05) is 30.9 Å². The van der Waals surface area contributed by atoms with Crippen LogP contribution in [0.25, 0.3) is 6.08 Å². The molecule has 0 spiro atoms. The smallest absolute Gasteiger partial charge is 0.0235 e. The number of rotatable bonds is 1. The molecule has 51 valence electrons. The van der Waals surface area contributed by atoms with Gasteiger partial charge in [-0.3, -0.25) is 0 Å². The number of hydrogen-bond donors (Lipinski definition) is 0. The molecule has 0 saturated heterocycles. The van der Waals surface area contributed by atoms with Crippen LogP contribution in [0.3, 0.4) is 0 Å². The second-order valence-corrected chi connectivity index (χ2v) is 2.39. The van der Waals surface area contributed by atoms with Crippen molar-refractivity contribution in [3.63, 3.8) is 0 Å². The van der Waals surface area contributed by atoms with Crippen LogP contribution >= 0.6 is 0 Å². The fourth-order valence-corrected chi connectivity index (χ4v) is 0.818. The molecule has 10 heavy (non-hydrogen) atoms. The Kier molecular flexibility index (Phi) is 1.91. The Hall–Kier alpha value is -1.04. The van der Waals surface area contributed by atoms with Crippen molar-refractivity contribution in [1.82, 2.24) is 0 Å². The van der Waals surface area contributed by atoms with Crippen molar-refractivity contribution in [2.45, 2.75) is 6.92 Å². The zero-order valence-electron chi connectivity index (χ0n) is 6.22. The Balaban J connectivity index is 3.16. The van der Waals surface area contributed by atoms with E-state index < -0.39 is 0 Å². The average molecular weight is 131 g/mol. The standard InChI is InChI=1S/C10H11/c1-4-10-6-5-8(2)9(3)7-10/h4-7H,1,3H2,2H3. The van der Waals surface area contributed by atoms with E-state index >= 15 is 0 Å². The lowest BCUT2D eigenvalue weighted by molar-refractivity contribution is 1.41. The fourth-order valence-electron chi connectivity index (χ4n) is 0.818. The van der Waals surface area contributed by atoms with Crippen LogP contribution < -0.4 is 0 Å². The van der Waals surface area contributed by atoms with Gasteiger partial charge in [0.15, 0.2) is 0 Å². The predicted octanol–water partition coefficient (Wildman–Crippen LogP) is 2.82. The maximum absolute atomic E-state index is 3.88. The van der Waals surface area contributed by atoms with E-state index in [1.165, 1.54) is 5.56 Å². The first-order chi connectivity index (χ1) is 4.74. The molecule has 1 radical (unpaired) electrons. The van der Waals surface area contributed by atoms with E-state index in [1.54, 1.807) is 0 Å². The molecule has 0 atom stereocenters. The van der Waals surface area contributed by atoms with Crippen molar-refractivity contribution >= 4 is 6.08 Å². The molecule has 1 aromatic carbocycles. The second-order valence-electron chi connectivity index (χ2n) is 2.39. The van der Waals surface area contributed by atoms with Crippen LogP contribution in [0.1, 0.15) is 16.7 Å². The summed E-state index contributed by atoms with van der Waals surface area (Å²) in [5.41, 5.74) is 3.44. The van der Waals surface area contributed by atoms with E-state index in [1.807, 2.05) is 18.2 Å². The molecule has 0 heteroatoms. The Labute approximate surface area is 62.2 Å². The third kappa shape index (κ3) is 1.27. The number of aryl methyl sites for hydroxylation is 1. The van der Waals surface area contributed by atoms with Gasteiger partial charge in [0, 0.05) is 0 Å². The minimum absolute atomic E-state index is 1.08. The lowest BCUT2D eigenvalue weighted by atomic mass is 10.1. The van der Waals surface area contributed by atoms with Crippen molar-refractivity contribution in [2.24, 2.45) is 0 Å². The van der Waals surface area contributed by atoms with Crippen molar-refractivity contribution in [1.29, 1.82) is 0 Å². The number of hydrogen-bond acceptors (Lipinski definition) is 0. The highest BCUT2D eigenvalue weighted by Gasteiger charge is 1.90. The molecule has 0 nitrogen and oxygen atoms in total. The van der Waals surface area contributed by atoms with E-state index in [4.69, 9.17) is 0 Å². The topological polar surface area (TPSA) is 0 Å². The Bertz CT molecular complexity index is 246. The summed E-state index contributed by atoms with van der Waals surface area (Å²) in [6, 6.07) is 6.12. The molecule has 1 rings (SSSR count). The van der Waals surface area contributed by atoms with Gasteiger partial charge in [-0.15, -0.1) is 0 Å². The van der Waals surface area contributed by atoms with Crippen LogP contribution in [0.2, 0.25) is 0 Å². The third-order valence-electron chi connectivity index (χ3n) is 1.61. The van der Waals surface area contributed by atoms with Gasteiger partial charge >= 0.3 is 0 Å². The SMILES string of the molecule is [CH2]c1cc(C=C)ccc1C. The summed E-state index contributed by atoms with van der Waals surface area (Å²) in [4.78, 5) is 0. The van der Waals surface area contributed by atoms with Gasteiger partial charge in [0.25, 0.3) is 0 Å². The first kappa shape index (κ1) is 7.07. The molecule has 1 aromatic rings. The van der Waals surface area contributed by atoms with Gasteiger partial charge in [0.1, 0.15) is 0 Å². The van der Waals surface area contributed by atoms with E-state index in [9.17, 15) is 0 Å². The van der Waals surface area contributed by atoms with Crippen LogP contribution in [-0.2, 0) is 0 Å². The summed E-state index contributed by atoms with van der Waals surface area (Å²) in [5, 5.41) is 0. The molecule has 0 fully saturated rings. The number of benzene rings is 1. The molecule has 0 aliphatic carbocycles. The molecular weight excluding hydrogens is 120 g/mol. The summed E-state index contributed by atoms with van der Waals surface area (Å²) >= 11 is 0. The van der Waals surface area contributed by atoms with Gasteiger partial charge < -0.3 is 0 Å². The quantitative estimate of drug-likeness (QED) is 0.549.